The van der Waals surface area contributed by atoms with Crippen LogP contribution in [0.1, 0.15) is 6.85 Å². The van der Waals surface area contributed by atoms with Gasteiger partial charge < -0.3 is 9.47 Å². The molecule has 0 fully saturated rings. The molecule has 0 N–H and O–H groups in total. The number of nitrogens with zero attached hydrogens (tertiary/aromatic N) is 2. The fourth-order valence-corrected chi connectivity index (χ4v) is 7.94. The highest BCUT2D eigenvalue weighted by atomic mass is 15.1. The average Bonchev–Trinajstić information content (AvgIpc) is 3.63. The van der Waals surface area contributed by atoms with E-state index in [-0.39, 0.29) is 29.9 Å². The molecule has 0 atom stereocenters. The second-order valence-electron chi connectivity index (χ2n) is 13.3. The minimum Gasteiger partial charge on any atom is -0.309 e. The number of rotatable bonds is 7. The summed E-state index contributed by atoms with van der Waals surface area (Å²) in [6.07, 6.45) is 0. The Bertz CT molecular complexity index is 3190. The van der Waals surface area contributed by atoms with Crippen molar-refractivity contribution in [3.8, 4) is 39.1 Å². The Balaban J connectivity index is 1.23. The van der Waals surface area contributed by atoms with Crippen molar-refractivity contribution in [1.29, 1.82) is 0 Å². The minimum atomic E-state index is -0.417. The summed E-state index contributed by atoms with van der Waals surface area (Å²) in [5.74, 6) is 0. The molecule has 1 heterocycles. The molecule has 0 aliphatic heterocycles. The zero-order valence-corrected chi connectivity index (χ0v) is 29.3. The summed E-state index contributed by atoms with van der Waals surface area (Å²) >= 11 is 0. The molecular formula is C52H36N2. The molecule has 0 aliphatic carbocycles. The largest absolute Gasteiger partial charge is 0.309 e. The van der Waals surface area contributed by atoms with Gasteiger partial charge >= 0.3 is 0 Å². The number of hydrogen-bond acceptors (Lipinski definition) is 1. The third-order valence-corrected chi connectivity index (χ3v) is 10.3. The molecular weight excluding hydrogens is 653 g/mol. The molecule has 9 aromatic carbocycles. The van der Waals surface area contributed by atoms with E-state index in [1.54, 1.807) is 0 Å². The van der Waals surface area contributed by atoms with Gasteiger partial charge in [0, 0.05) is 33.3 Å². The van der Waals surface area contributed by atoms with Crippen LogP contribution in [0.25, 0.3) is 71.6 Å². The van der Waals surface area contributed by atoms with Crippen molar-refractivity contribution in [2.24, 2.45) is 0 Å². The molecule has 0 spiro atoms. The van der Waals surface area contributed by atoms with Gasteiger partial charge in [0.2, 0.25) is 0 Å². The van der Waals surface area contributed by atoms with E-state index in [1.807, 2.05) is 47.0 Å². The lowest BCUT2D eigenvalue weighted by molar-refractivity contribution is 1.18. The number of para-hydroxylation sites is 4. The summed E-state index contributed by atoms with van der Waals surface area (Å²) in [6, 6.07) is 63.4. The van der Waals surface area contributed by atoms with E-state index in [9.17, 15) is 0 Å². The van der Waals surface area contributed by atoms with E-state index < -0.39 is 6.04 Å². The van der Waals surface area contributed by atoms with Crippen LogP contribution in [-0.2, 0) is 0 Å². The third kappa shape index (κ3) is 5.36. The summed E-state index contributed by atoms with van der Waals surface area (Å²) < 4.78 is 45.1. The Morgan fingerprint density at radius 1 is 0.389 bits per heavy atom. The molecule has 0 amide bonds. The lowest BCUT2D eigenvalue weighted by Gasteiger charge is -2.30. The van der Waals surface area contributed by atoms with E-state index in [1.165, 1.54) is 16.3 Å². The fraction of sp³-hybridized carbons (Fsp3) is 0. The summed E-state index contributed by atoms with van der Waals surface area (Å²) in [5.41, 5.74) is 11.0. The first kappa shape index (κ1) is 26.6. The van der Waals surface area contributed by atoms with Gasteiger partial charge in [-0.15, -0.1) is 0 Å². The molecule has 0 unspecified atom stereocenters. The summed E-state index contributed by atoms with van der Waals surface area (Å²) in [4.78, 5) is 2.33. The Morgan fingerprint density at radius 2 is 0.944 bits per heavy atom. The van der Waals surface area contributed by atoms with E-state index in [0.717, 1.165) is 66.7 Å². The van der Waals surface area contributed by atoms with Gasteiger partial charge in [-0.1, -0.05) is 170 Å². The van der Waals surface area contributed by atoms with Crippen LogP contribution < -0.4 is 4.90 Å². The lowest BCUT2D eigenvalue weighted by atomic mass is 9.95. The van der Waals surface area contributed by atoms with Gasteiger partial charge in [0.1, 0.15) is 0 Å². The second-order valence-corrected chi connectivity index (χ2v) is 13.3. The van der Waals surface area contributed by atoms with Crippen LogP contribution in [0.4, 0.5) is 17.1 Å². The lowest BCUT2D eigenvalue weighted by Crippen LogP contribution is -2.12. The predicted molar refractivity (Wildman–Crippen MR) is 229 cm³/mol. The zero-order chi connectivity index (χ0) is 40.2. The summed E-state index contributed by atoms with van der Waals surface area (Å²) in [7, 11) is 0. The van der Waals surface area contributed by atoms with Gasteiger partial charge in [-0.05, 0) is 81.5 Å². The highest BCUT2D eigenvalue weighted by Gasteiger charge is 2.23. The number of aromatic nitrogens is 1. The monoisotopic (exact) mass is 693 g/mol. The first-order valence-corrected chi connectivity index (χ1v) is 18.1. The van der Waals surface area contributed by atoms with Crippen molar-refractivity contribution in [3.63, 3.8) is 0 Å². The van der Waals surface area contributed by atoms with E-state index in [4.69, 9.17) is 6.85 Å². The number of anilines is 3. The molecule has 2 nitrogen and oxygen atoms in total. The summed E-state index contributed by atoms with van der Waals surface area (Å²) in [5, 5.41) is 4.24. The standard InChI is InChI=1S/C52H36N2/c1-3-17-38(18-4-1)44-24-9-12-29-48(44)53(41-35-33-39(34-36-41)43-27-15-20-37-19-7-8-23-42(37)43)49-30-13-10-25-45(49)46-28-16-32-51-52(46)47-26-11-14-31-50(47)54(51)40-21-5-2-6-22-40/h1-36H/i2D,5D,6D,21D,22D. The molecule has 0 saturated heterocycles. The van der Waals surface area contributed by atoms with Crippen molar-refractivity contribution in [2.45, 2.75) is 0 Å². The van der Waals surface area contributed by atoms with Crippen LogP contribution in [0.15, 0.2) is 218 Å². The highest BCUT2D eigenvalue weighted by Crippen LogP contribution is 2.47. The van der Waals surface area contributed by atoms with Crippen LogP contribution in [-0.4, -0.2) is 4.57 Å². The Labute approximate surface area is 322 Å². The molecule has 10 rings (SSSR count). The topological polar surface area (TPSA) is 8.17 Å². The quantitative estimate of drug-likeness (QED) is 0.161. The first-order chi connectivity index (χ1) is 28.9. The normalized spacial score (nSPS) is 12.6. The first-order valence-electron chi connectivity index (χ1n) is 20.6. The number of fused-ring (bicyclic) bond motifs is 4. The maximum absolute atomic E-state index is 8.96. The zero-order valence-electron chi connectivity index (χ0n) is 34.3. The highest BCUT2D eigenvalue weighted by molar-refractivity contribution is 6.17. The smallest absolute Gasteiger partial charge is 0.0645 e. The van der Waals surface area contributed by atoms with Gasteiger partial charge in [0.25, 0.3) is 0 Å². The molecule has 54 heavy (non-hydrogen) atoms. The van der Waals surface area contributed by atoms with Crippen LogP contribution in [0.5, 0.6) is 0 Å². The molecule has 10 aromatic rings. The molecule has 1 aromatic heterocycles. The maximum Gasteiger partial charge on any atom is 0.0645 e. The van der Waals surface area contributed by atoms with Crippen molar-refractivity contribution >= 4 is 49.6 Å². The van der Waals surface area contributed by atoms with Crippen molar-refractivity contribution in [2.75, 3.05) is 4.90 Å². The van der Waals surface area contributed by atoms with E-state index >= 15 is 0 Å². The van der Waals surface area contributed by atoms with Crippen LogP contribution in [0.3, 0.4) is 0 Å². The molecule has 0 radical (unpaired) electrons. The third-order valence-electron chi connectivity index (χ3n) is 10.3. The van der Waals surface area contributed by atoms with E-state index in [2.05, 4.69) is 150 Å². The van der Waals surface area contributed by atoms with Crippen molar-refractivity contribution in [1.82, 2.24) is 4.57 Å². The van der Waals surface area contributed by atoms with Crippen LogP contribution in [0, 0.1) is 0 Å². The minimum absolute atomic E-state index is 0.123. The predicted octanol–water partition coefficient (Wildman–Crippen LogP) is 14.4. The van der Waals surface area contributed by atoms with E-state index in [0.29, 0.717) is 0 Å². The maximum atomic E-state index is 8.96. The molecule has 254 valence electrons. The van der Waals surface area contributed by atoms with Gasteiger partial charge in [-0.25, -0.2) is 0 Å². The average molecular weight is 694 g/mol. The Hall–Kier alpha value is -7.16. The SMILES string of the molecule is [2H]c1c([2H])c([2H])c(-n2c3ccccc3c3c(-c4ccccc4N(c4ccc(-c5cccc6ccccc56)cc4)c4ccccc4-c4ccccc4)cccc32)c([2H])c1[2H]. The number of benzene rings is 9. The molecule has 2 heteroatoms. The van der Waals surface area contributed by atoms with Gasteiger partial charge in [0.05, 0.1) is 29.3 Å². The van der Waals surface area contributed by atoms with Crippen molar-refractivity contribution < 1.29 is 6.85 Å². The van der Waals surface area contributed by atoms with Gasteiger partial charge in [-0.2, -0.15) is 0 Å². The van der Waals surface area contributed by atoms with Gasteiger partial charge in [0.15, 0.2) is 0 Å². The molecule has 0 aliphatic rings. The van der Waals surface area contributed by atoms with Crippen LogP contribution >= 0.6 is 0 Å². The number of hydrogen-bond donors (Lipinski definition) is 0. The summed E-state index contributed by atoms with van der Waals surface area (Å²) in [6.45, 7) is 0. The van der Waals surface area contributed by atoms with Gasteiger partial charge in [-0.3, -0.25) is 0 Å². The fourth-order valence-electron chi connectivity index (χ4n) is 7.94. The Kier molecular flexibility index (Phi) is 6.61. The van der Waals surface area contributed by atoms with Crippen molar-refractivity contribution in [3.05, 3.63) is 218 Å². The second kappa shape index (κ2) is 13.4. The molecule has 0 saturated carbocycles. The Morgan fingerprint density at radius 3 is 1.76 bits per heavy atom. The van der Waals surface area contributed by atoms with Crippen LogP contribution in [0.2, 0.25) is 0 Å². The molecule has 0 bridgehead atoms.